The van der Waals surface area contributed by atoms with Gasteiger partial charge in [-0.25, -0.2) is 4.98 Å². The van der Waals surface area contributed by atoms with Gasteiger partial charge in [-0.1, -0.05) is 0 Å². The standard InChI is InChI=1S/C13H12N2O3/c16-13(17)8-3-4-11-10(6-8)15-12(18-11)9-2-1-5-14-7-9/h1-2,5,7-8H,3-4,6H2,(H,16,17). The summed E-state index contributed by atoms with van der Waals surface area (Å²) in [5.74, 6) is 0.237. The fourth-order valence-corrected chi connectivity index (χ4v) is 2.20. The second kappa shape index (κ2) is 4.25. The van der Waals surface area contributed by atoms with Gasteiger partial charge in [0.15, 0.2) is 0 Å². The predicted molar refractivity (Wildman–Crippen MR) is 62.9 cm³/mol. The van der Waals surface area contributed by atoms with E-state index in [4.69, 9.17) is 9.52 Å². The van der Waals surface area contributed by atoms with E-state index in [1.54, 1.807) is 12.4 Å². The zero-order chi connectivity index (χ0) is 12.5. The van der Waals surface area contributed by atoms with Gasteiger partial charge in [0, 0.05) is 25.2 Å². The number of carbonyl (C=O) groups is 1. The molecule has 2 aromatic rings. The molecule has 0 fully saturated rings. The van der Waals surface area contributed by atoms with Crippen molar-refractivity contribution in [2.45, 2.75) is 19.3 Å². The number of nitrogens with zero attached hydrogens (tertiary/aromatic N) is 2. The molecule has 2 aromatic heterocycles. The Bertz CT molecular complexity index is 577. The van der Waals surface area contributed by atoms with Crippen molar-refractivity contribution in [3.8, 4) is 11.5 Å². The van der Waals surface area contributed by atoms with E-state index >= 15 is 0 Å². The summed E-state index contributed by atoms with van der Waals surface area (Å²) in [5, 5.41) is 9.02. The molecule has 1 atom stereocenters. The molecular weight excluding hydrogens is 232 g/mol. The fourth-order valence-electron chi connectivity index (χ4n) is 2.20. The molecule has 0 saturated heterocycles. The zero-order valence-corrected chi connectivity index (χ0v) is 9.67. The maximum atomic E-state index is 11.0. The van der Waals surface area contributed by atoms with Gasteiger partial charge in [-0.3, -0.25) is 9.78 Å². The number of aryl methyl sites for hydroxylation is 1. The van der Waals surface area contributed by atoms with E-state index in [1.165, 1.54) is 0 Å². The number of aliphatic carboxylic acids is 1. The van der Waals surface area contributed by atoms with E-state index in [1.807, 2.05) is 12.1 Å². The Balaban J connectivity index is 1.92. The summed E-state index contributed by atoms with van der Waals surface area (Å²) in [6.07, 6.45) is 5.08. The number of rotatable bonds is 2. The summed E-state index contributed by atoms with van der Waals surface area (Å²) in [6.45, 7) is 0. The average Bonchev–Trinajstić information content (AvgIpc) is 2.82. The molecule has 1 aliphatic rings. The number of aromatic nitrogens is 2. The summed E-state index contributed by atoms with van der Waals surface area (Å²) in [4.78, 5) is 19.4. The van der Waals surface area contributed by atoms with E-state index in [0.717, 1.165) is 17.0 Å². The molecule has 92 valence electrons. The largest absolute Gasteiger partial charge is 0.481 e. The molecule has 0 bridgehead atoms. The Kier molecular flexibility index (Phi) is 2.59. The molecule has 0 amide bonds. The van der Waals surface area contributed by atoms with Crippen LogP contribution in [0.5, 0.6) is 0 Å². The molecule has 0 spiro atoms. The van der Waals surface area contributed by atoms with Gasteiger partial charge in [0.2, 0.25) is 5.89 Å². The van der Waals surface area contributed by atoms with E-state index in [9.17, 15) is 4.79 Å². The third-order valence-corrected chi connectivity index (χ3v) is 3.20. The molecule has 18 heavy (non-hydrogen) atoms. The first-order chi connectivity index (χ1) is 8.74. The molecule has 0 aromatic carbocycles. The second-order valence-corrected chi connectivity index (χ2v) is 4.41. The summed E-state index contributed by atoms with van der Waals surface area (Å²) >= 11 is 0. The van der Waals surface area contributed by atoms with Crippen LogP contribution in [-0.2, 0) is 17.6 Å². The molecule has 0 aliphatic heterocycles. The molecule has 3 rings (SSSR count). The van der Waals surface area contributed by atoms with Gasteiger partial charge < -0.3 is 9.52 Å². The average molecular weight is 244 g/mol. The minimum Gasteiger partial charge on any atom is -0.481 e. The molecule has 2 heterocycles. The maximum absolute atomic E-state index is 11.0. The monoisotopic (exact) mass is 244 g/mol. The van der Waals surface area contributed by atoms with Crippen LogP contribution in [0.25, 0.3) is 11.5 Å². The molecule has 5 heteroatoms. The number of carboxylic acids is 1. The Hall–Kier alpha value is -2.17. The van der Waals surface area contributed by atoms with Crippen molar-refractivity contribution in [3.63, 3.8) is 0 Å². The van der Waals surface area contributed by atoms with Gasteiger partial charge in [-0.05, 0) is 18.6 Å². The Labute approximate surface area is 103 Å². The van der Waals surface area contributed by atoms with Crippen molar-refractivity contribution in [2.24, 2.45) is 5.92 Å². The normalized spacial score (nSPS) is 18.3. The van der Waals surface area contributed by atoms with Gasteiger partial charge in [0.1, 0.15) is 5.76 Å². The maximum Gasteiger partial charge on any atom is 0.306 e. The number of hydrogen-bond donors (Lipinski definition) is 1. The Morgan fingerprint density at radius 3 is 3.11 bits per heavy atom. The molecule has 1 unspecified atom stereocenters. The van der Waals surface area contributed by atoms with Gasteiger partial charge >= 0.3 is 5.97 Å². The van der Waals surface area contributed by atoms with E-state index in [-0.39, 0.29) is 5.92 Å². The third kappa shape index (κ3) is 1.88. The Morgan fingerprint density at radius 1 is 1.50 bits per heavy atom. The first-order valence-corrected chi connectivity index (χ1v) is 5.86. The SMILES string of the molecule is O=C(O)C1CCc2oc(-c3cccnc3)nc2C1. The molecule has 5 nitrogen and oxygen atoms in total. The molecule has 1 N–H and O–H groups in total. The van der Waals surface area contributed by atoms with Crippen LogP contribution < -0.4 is 0 Å². The topological polar surface area (TPSA) is 76.2 Å². The predicted octanol–water partition coefficient (Wildman–Crippen LogP) is 1.93. The van der Waals surface area contributed by atoms with Crippen molar-refractivity contribution in [3.05, 3.63) is 36.0 Å². The molecule has 0 saturated carbocycles. The van der Waals surface area contributed by atoms with Crippen LogP contribution in [-0.4, -0.2) is 21.0 Å². The zero-order valence-electron chi connectivity index (χ0n) is 9.67. The molecule has 0 radical (unpaired) electrons. The highest BCUT2D eigenvalue weighted by molar-refractivity contribution is 5.70. The van der Waals surface area contributed by atoms with Crippen LogP contribution in [0.2, 0.25) is 0 Å². The Morgan fingerprint density at radius 2 is 2.39 bits per heavy atom. The van der Waals surface area contributed by atoms with Gasteiger partial charge in [-0.15, -0.1) is 0 Å². The van der Waals surface area contributed by atoms with Crippen LogP contribution in [0.3, 0.4) is 0 Å². The second-order valence-electron chi connectivity index (χ2n) is 4.41. The van der Waals surface area contributed by atoms with E-state index in [0.29, 0.717) is 25.2 Å². The van der Waals surface area contributed by atoms with Crippen molar-refractivity contribution >= 4 is 5.97 Å². The highest BCUT2D eigenvalue weighted by atomic mass is 16.4. The first-order valence-electron chi connectivity index (χ1n) is 5.86. The lowest BCUT2D eigenvalue weighted by molar-refractivity contribution is -0.142. The highest BCUT2D eigenvalue weighted by Crippen LogP contribution is 2.29. The summed E-state index contributed by atoms with van der Waals surface area (Å²) in [7, 11) is 0. The third-order valence-electron chi connectivity index (χ3n) is 3.20. The quantitative estimate of drug-likeness (QED) is 0.873. The summed E-state index contributed by atoms with van der Waals surface area (Å²) < 4.78 is 5.68. The van der Waals surface area contributed by atoms with Gasteiger partial charge in [-0.2, -0.15) is 0 Å². The smallest absolute Gasteiger partial charge is 0.306 e. The lowest BCUT2D eigenvalue weighted by atomic mass is 9.90. The van der Waals surface area contributed by atoms with Gasteiger partial charge in [0.05, 0.1) is 17.2 Å². The minimum absolute atomic E-state index is 0.343. The van der Waals surface area contributed by atoms with Crippen LogP contribution in [0.4, 0.5) is 0 Å². The number of carboxylic acid groups (broad SMARTS) is 1. The molecule has 1 aliphatic carbocycles. The minimum atomic E-state index is -0.758. The van der Waals surface area contributed by atoms with Gasteiger partial charge in [0.25, 0.3) is 0 Å². The summed E-state index contributed by atoms with van der Waals surface area (Å²) in [5.41, 5.74) is 1.59. The summed E-state index contributed by atoms with van der Waals surface area (Å²) in [6, 6.07) is 3.69. The number of oxazole rings is 1. The number of pyridine rings is 1. The first kappa shape index (κ1) is 11.0. The lowest BCUT2D eigenvalue weighted by Gasteiger charge is -2.15. The van der Waals surface area contributed by atoms with Crippen LogP contribution in [0.15, 0.2) is 28.9 Å². The van der Waals surface area contributed by atoms with Crippen molar-refractivity contribution in [1.29, 1.82) is 0 Å². The van der Waals surface area contributed by atoms with E-state index in [2.05, 4.69) is 9.97 Å². The van der Waals surface area contributed by atoms with Crippen molar-refractivity contribution in [1.82, 2.24) is 9.97 Å². The van der Waals surface area contributed by atoms with Crippen molar-refractivity contribution < 1.29 is 14.3 Å². The lowest BCUT2D eigenvalue weighted by Crippen LogP contribution is -2.21. The van der Waals surface area contributed by atoms with Crippen LogP contribution in [0.1, 0.15) is 17.9 Å². The van der Waals surface area contributed by atoms with Crippen LogP contribution >= 0.6 is 0 Å². The fraction of sp³-hybridized carbons (Fsp3) is 0.308. The highest BCUT2D eigenvalue weighted by Gasteiger charge is 2.28. The molecular formula is C13H12N2O3. The van der Waals surface area contributed by atoms with Crippen LogP contribution in [0, 0.1) is 5.92 Å². The number of fused-ring (bicyclic) bond motifs is 1. The number of hydrogen-bond acceptors (Lipinski definition) is 4. The van der Waals surface area contributed by atoms with E-state index < -0.39 is 5.97 Å². The van der Waals surface area contributed by atoms with Crippen molar-refractivity contribution in [2.75, 3.05) is 0 Å².